The van der Waals surface area contributed by atoms with E-state index in [2.05, 4.69) is 149 Å². The Balaban J connectivity index is 1.04. The molecule has 10 rings (SSSR count). The van der Waals surface area contributed by atoms with Crippen LogP contribution in [0, 0.1) is 0 Å². The molecular weight excluding hydrogens is 599 g/mol. The van der Waals surface area contributed by atoms with Crippen molar-refractivity contribution in [1.82, 2.24) is 19.6 Å². The van der Waals surface area contributed by atoms with Gasteiger partial charge in [0.2, 0.25) is 0 Å². The van der Waals surface area contributed by atoms with Gasteiger partial charge in [0.05, 0.1) is 16.7 Å². The van der Waals surface area contributed by atoms with Crippen molar-refractivity contribution in [2.45, 2.75) is 12.8 Å². The van der Waals surface area contributed by atoms with Gasteiger partial charge in [-0.2, -0.15) is 4.80 Å². The molecule has 0 bridgehead atoms. The average Bonchev–Trinajstić information content (AvgIpc) is 3.95. The van der Waals surface area contributed by atoms with Crippen LogP contribution in [-0.4, -0.2) is 19.6 Å². The van der Waals surface area contributed by atoms with Crippen LogP contribution in [0.15, 0.2) is 175 Å². The van der Waals surface area contributed by atoms with Crippen LogP contribution in [0.4, 0.5) is 17.1 Å². The topological polar surface area (TPSA) is 38.9 Å². The van der Waals surface area contributed by atoms with Gasteiger partial charge >= 0.3 is 0 Å². The van der Waals surface area contributed by atoms with E-state index in [0.717, 1.165) is 52.3 Å². The molecule has 8 aromatic rings. The molecule has 5 heteroatoms. The van der Waals surface area contributed by atoms with Gasteiger partial charge in [-0.3, -0.25) is 0 Å². The minimum absolute atomic E-state index is 0.880. The van der Waals surface area contributed by atoms with Gasteiger partial charge in [0, 0.05) is 33.5 Å². The predicted molar refractivity (Wildman–Crippen MR) is 201 cm³/mol. The zero-order valence-corrected chi connectivity index (χ0v) is 26.7. The predicted octanol–water partition coefficient (Wildman–Crippen LogP) is 11.0. The molecule has 0 radical (unpaired) electrons. The number of benzene rings is 6. The number of rotatable bonds is 6. The first-order valence-electron chi connectivity index (χ1n) is 16.8. The van der Waals surface area contributed by atoms with Crippen molar-refractivity contribution in [2.24, 2.45) is 0 Å². The third kappa shape index (κ3) is 4.62. The summed E-state index contributed by atoms with van der Waals surface area (Å²) in [4.78, 5) is 4.03. The second kappa shape index (κ2) is 11.1. The maximum absolute atomic E-state index is 4.70. The van der Waals surface area contributed by atoms with E-state index < -0.39 is 0 Å². The molecule has 2 heterocycles. The fraction of sp³-hybridized carbons (Fsp3) is 0.0455. The Hall–Kier alpha value is -6.46. The van der Waals surface area contributed by atoms with Crippen molar-refractivity contribution in [1.29, 1.82) is 0 Å². The Bertz CT molecular complexity index is 2550. The molecule has 0 atom stereocenters. The summed E-state index contributed by atoms with van der Waals surface area (Å²) in [6.45, 7) is 0. The SMILES string of the molecule is C1=CC2=C(C=C(c3ccc(N(c4ccc(-n5nc6ccccc6n5)cc4)c4ccc(-n5c6ccccc6c6ccccc65)cc4)cc3)C2)C1. The molecular formula is C44H31N5. The van der Waals surface area contributed by atoms with Crippen LogP contribution >= 0.6 is 0 Å². The summed E-state index contributed by atoms with van der Waals surface area (Å²) in [6.07, 6.45) is 8.98. The summed E-state index contributed by atoms with van der Waals surface area (Å²) in [7, 11) is 0. The van der Waals surface area contributed by atoms with Crippen LogP contribution in [0.3, 0.4) is 0 Å². The fourth-order valence-corrected chi connectivity index (χ4v) is 7.48. The van der Waals surface area contributed by atoms with E-state index in [0.29, 0.717) is 0 Å². The number of hydrogen-bond donors (Lipinski definition) is 0. The van der Waals surface area contributed by atoms with Crippen LogP contribution in [0.2, 0.25) is 0 Å². The lowest BCUT2D eigenvalue weighted by Crippen LogP contribution is -2.10. The van der Waals surface area contributed by atoms with Crippen LogP contribution in [0.1, 0.15) is 18.4 Å². The molecule has 0 aliphatic heterocycles. The largest absolute Gasteiger partial charge is 0.311 e. The molecule has 0 N–H and O–H groups in total. The number of para-hydroxylation sites is 2. The number of nitrogens with zero attached hydrogens (tertiary/aromatic N) is 5. The van der Waals surface area contributed by atoms with Gasteiger partial charge in [-0.05, 0) is 120 Å². The van der Waals surface area contributed by atoms with Crippen molar-refractivity contribution >= 4 is 55.5 Å². The normalized spacial score (nSPS) is 13.9. The second-order valence-corrected chi connectivity index (χ2v) is 12.8. The molecule has 49 heavy (non-hydrogen) atoms. The van der Waals surface area contributed by atoms with Crippen molar-refractivity contribution in [3.05, 3.63) is 181 Å². The molecule has 232 valence electrons. The maximum Gasteiger partial charge on any atom is 0.113 e. The van der Waals surface area contributed by atoms with E-state index >= 15 is 0 Å². The van der Waals surface area contributed by atoms with Crippen LogP contribution < -0.4 is 4.90 Å². The van der Waals surface area contributed by atoms with Crippen LogP contribution in [0.25, 0.3) is 49.8 Å². The Labute approximate surface area is 284 Å². The molecule has 0 saturated heterocycles. The third-order valence-electron chi connectivity index (χ3n) is 9.87. The highest BCUT2D eigenvalue weighted by Crippen LogP contribution is 2.40. The van der Waals surface area contributed by atoms with Gasteiger partial charge in [0.15, 0.2) is 0 Å². The van der Waals surface area contributed by atoms with Gasteiger partial charge in [0.25, 0.3) is 0 Å². The zero-order chi connectivity index (χ0) is 32.3. The molecule has 0 saturated carbocycles. The number of aromatic nitrogens is 4. The smallest absolute Gasteiger partial charge is 0.113 e. The van der Waals surface area contributed by atoms with Gasteiger partial charge in [-0.25, -0.2) is 0 Å². The Morgan fingerprint density at radius 1 is 0.510 bits per heavy atom. The maximum atomic E-state index is 4.70. The summed E-state index contributed by atoms with van der Waals surface area (Å²) < 4.78 is 2.36. The third-order valence-corrected chi connectivity index (χ3v) is 9.87. The first-order chi connectivity index (χ1) is 24.3. The number of hydrogen-bond acceptors (Lipinski definition) is 3. The quantitative estimate of drug-likeness (QED) is 0.184. The molecule has 2 aliphatic rings. The second-order valence-electron chi connectivity index (χ2n) is 12.8. The molecule has 2 aromatic heterocycles. The van der Waals surface area contributed by atoms with E-state index in [9.17, 15) is 0 Å². The van der Waals surface area contributed by atoms with E-state index in [-0.39, 0.29) is 0 Å². The van der Waals surface area contributed by atoms with Crippen LogP contribution in [-0.2, 0) is 0 Å². The van der Waals surface area contributed by atoms with Crippen molar-refractivity contribution < 1.29 is 0 Å². The lowest BCUT2D eigenvalue weighted by molar-refractivity contribution is 0.766. The minimum Gasteiger partial charge on any atom is -0.311 e. The Kier molecular flexibility index (Phi) is 6.24. The molecule has 2 aliphatic carbocycles. The van der Waals surface area contributed by atoms with E-state index in [1.165, 1.54) is 44.1 Å². The van der Waals surface area contributed by atoms with Gasteiger partial charge in [-0.15, -0.1) is 10.2 Å². The number of anilines is 3. The van der Waals surface area contributed by atoms with Crippen molar-refractivity contribution in [2.75, 3.05) is 4.90 Å². The summed E-state index contributed by atoms with van der Waals surface area (Å²) in [5.74, 6) is 0. The summed E-state index contributed by atoms with van der Waals surface area (Å²) in [5.41, 5.74) is 15.1. The molecule has 5 nitrogen and oxygen atoms in total. The van der Waals surface area contributed by atoms with Crippen LogP contribution in [0.5, 0.6) is 0 Å². The summed E-state index contributed by atoms with van der Waals surface area (Å²) >= 11 is 0. The van der Waals surface area contributed by atoms with E-state index in [1.807, 2.05) is 24.3 Å². The first kappa shape index (κ1) is 27.6. The molecule has 0 unspecified atom stereocenters. The molecule has 0 amide bonds. The highest BCUT2D eigenvalue weighted by molar-refractivity contribution is 6.09. The van der Waals surface area contributed by atoms with E-state index in [4.69, 9.17) is 10.2 Å². The molecule has 0 spiro atoms. The Morgan fingerprint density at radius 3 is 1.63 bits per heavy atom. The fourth-order valence-electron chi connectivity index (χ4n) is 7.48. The van der Waals surface area contributed by atoms with E-state index in [1.54, 1.807) is 4.80 Å². The molecule has 6 aromatic carbocycles. The van der Waals surface area contributed by atoms with Gasteiger partial charge in [-0.1, -0.05) is 78.9 Å². The first-order valence-corrected chi connectivity index (χ1v) is 16.8. The highest BCUT2D eigenvalue weighted by atomic mass is 15.5. The monoisotopic (exact) mass is 629 g/mol. The highest BCUT2D eigenvalue weighted by Gasteiger charge is 2.19. The zero-order valence-electron chi connectivity index (χ0n) is 26.7. The lowest BCUT2D eigenvalue weighted by atomic mass is 10.0. The van der Waals surface area contributed by atoms with Crippen molar-refractivity contribution in [3.8, 4) is 11.4 Å². The van der Waals surface area contributed by atoms with Crippen molar-refractivity contribution in [3.63, 3.8) is 0 Å². The molecule has 0 fully saturated rings. The summed E-state index contributed by atoms with van der Waals surface area (Å²) in [5, 5.41) is 11.9. The lowest BCUT2D eigenvalue weighted by Gasteiger charge is -2.26. The standard InChI is InChI=1S/C44H31N5/c1-5-14-43-39(10-1)40-11-2-6-15-44(40)48(43)37-22-20-35(21-23-37)47(34-18-16-30(17-19-34)33-28-31-8-7-9-32(31)29-33)36-24-26-38(27-25-36)49-45-41-12-3-4-13-42(41)46-49/h1-8,10-27,29H,9,28H2. The minimum atomic E-state index is 0.880. The average molecular weight is 630 g/mol. The Morgan fingerprint density at radius 2 is 1.04 bits per heavy atom. The summed E-state index contributed by atoms with van der Waals surface area (Å²) in [6, 6.07) is 51.7. The number of allylic oxidation sites excluding steroid dienone is 6. The van der Waals surface area contributed by atoms with Gasteiger partial charge < -0.3 is 9.47 Å². The van der Waals surface area contributed by atoms with Gasteiger partial charge in [0.1, 0.15) is 11.0 Å². The number of fused-ring (bicyclic) bond motifs is 4.